The fourth-order valence-corrected chi connectivity index (χ4v) is 4.64. The molecule has 1 saturated carbocycles. The van der Waals surface area contributed by atoms with Crippen molar-refractivity contribution in [3.63, 3.8) is 0 Å². The number of nitrogens with one attached hydrogen (secondary N) is 1. The van der Waals surface area contributed by atoms with E-state index in [-0.39, 0.29) is 23.8 Å². The second kappa shape index (κ2) is 9.82. The van der Waals surface area contributed by atoms with Crippen LogP contribution < -0.4 is 14.8 Å². The lowest BCUT2D eigenvalue weighted by Gasteiger charge is -2.38. The van der Waals surface area contributed by atoms with Gasteiger partial charge in [0.25, 0.3) is 5.91 Å². The number of methoxy groups -OCH3 is 1. The van der Waals surface area contributed by atoms with Gasteiger partial charge < -0.3 is 19.7 Å². The summed E-state index contributed by atoms with van der Waals surface area (Å²) in [5, 5.41) is 2.88. The van der Waals surface area contributed by atoms with Crippen molar-refractivity contribution in [1.82, 2.24) is 4.90 Å². The SMILES string of the molecule is COc1ccc(NC(=O)[C@@H](C)Oc2ccc3c(c2)[C@@H](c2ccccc2)N(C(=O)C2CC2)CC3)cc1. The van der Waals surface area contributed by atoms with Gasteiger partial charge in [-0.2, -0.15) is 0 Å². The van der Waals surface area contributed by atoms with Gasteiger partial charge in [-0.15, -0.1) is 0 Å². The van der Waals surface area contributed by atoms with Crippen molar-refractivity contribution in [3.05, 3.63) is 89.5 Å². The molecule has 1 fully saturated rings. The third-order valence-corrected chi connectivity index (χ3v) is 6.71. The van der Waals surface area contributed by atoms with E-state index in [1.807, 2.05) is 35.2 Å². The average molecular weight is 471 g/mol. The van der Waals surface area contributed by atoms with Gasteiger partial charge in [0.2, 0.25) is 5.91 Å². The van der Waals surface area contributed by atoms with E-state index in [0.717, 1.165) is 36.1 Å². The molecule has 5 rings (SSSR count). The van der Waals surface area contributed by atoms with E-state index in [1.54, 1.807) is 38.3 Å². The van der Waals surface area contributed by atoms with Crippen LogP contribution in [0.1, 0.15) is 42.5 Å². The molecule has 1 aliphatic carbocycles. The van der Waals surface area contributed by atoms with E-state index in [1.165, 1.54) is 5.56 Å². The van der Waals surface area contributed by atoms with E-state index in [4.69, 9.17) is 9.47 Å². The molecule has 0 unspecified atom stereocenters. The Morgan fingerprint density at radius 2 is 1.69 bits per heavy atom. The second-order valence-corrected chi connectivity index (χ2v) is 9.21. The molecule has 2 amide bonds. The van der Waals surface area contributed by atoms with Gasteiger partial charge in [-0.05, 0) is 79.3 Å². The highest BCUT2D eigenvalue weighted by molar-refractivity contribution is 5.94. The zero-order valence-electron chi connectivity index (χ0n) is 20.1. The summed E-state index contributed by atoms with van der Waals surface area (Å²) in [5.74, 6) is 1.50. The number of anilines is 1. The minimum atomic E-state index is -0.696. The number of amides is 2. The van der Waals surface area contributed by atoms with Crippen molar-refractivity contribution in [2.24, 2.45) is 5.92 Å². The molecular formula is C29H30N2O4. The summed E-state index contributed by atoms with van der Waals surface area (Å²) >= 11 is 0. The van der Waals surface area contributed by atoms with Crippen LogP contribution in [0.2, 0.25) is 0 Å². The maximum absolute atomic E-state index is 13.2. The Kier molecular flexibility index (Phi) is 6.45. The fourth-order valence-electron chi connectivity index (χ4n) is 4.64. The Balaban J connectivity index is 1.37. The maximum Gasteiger partial charge on any atom is 0.265 e. The zero-order chi connectivity index (χ0) is 24.4. The molecule has 6 heteroatoms. The Morgan fingerprint density at radius 1 is 0.971 bits per heavy atom. The highest BCUT2D eigenvalue weighted by Crippen LogP contribution is 2.41. The van der Waals surface area contributed by atoms with Crippen LogP contribution in [0.15, 0.2) is 72.8 Å². The monoisotopic (exact) mass is 470 g/mol. The van der Waals surface area contributed by atoms with E-state index >= 15 is 0 Å². The van der Waals surface area contributed by atoms with Gasteiger partial charge in [-0.1, -0.05) is 36.4 Å². The maximum atomic E-state index is 13.2. The van der Waals surface area contributed by atoms with Gasteiger partial charge in [0, 0.05) is 18.2 Å². The molecule has 180 valence electrons. The standard InChI is InChI=1S/C29H30N2O4/c1-19(28(32)30-23-11-14-24(34-2)15-12-23)35-25-13-10-20-16-17-31(29(33)22-8-9-22)27(26(20)18-25)21-6-4-3-5-7-21/h3-7,10-15,18-19,22,27H,8-9,16-17H2,1-2H3,(H,30,32)/t19-,27-/m1/s1. The van der Waals surface area contributed by atoms with Crippen LogP contribution in [0.3, 0.4) is 0 Å². The van der Waals surface area contributed by atoms with E-state index in [9.17, 15) is 9.59 Å². The summed E-state index contributed by atoms with van der Waals surface area (Å²) in [7, 11) is 1.60. The number of rotatable bonds is 7. The van der Waals surface area contributed by atoms with Crippen molar-refractivity contribution in [1.29, 1.82) is 0 Å². The van der Waals surface area contributed by atoms with Gasteiger partial charge in [0.05, 0.1) is 13.2 Å². The normalized spacial score (nSPS) is 17.8. The van der Waals surface area contributed by atoms with E-state index in [2.05, 4.69) is 23.5 Å². The number of hydrogen-bond acceptors (Lipinski definition) is 4. The zero-order valence-corrected chi connectivity index (χ0v) is 20.1. The molecule has 2 atom stereocenters. The molecule has 0 bridgehead atoms. The summed E-state index contributed by atoms with van der Waals surface area (Å²) in [5.41, 5.74) is 4.04. The molecule has 3 aromatic rings. The van der Waals surface area contributed by atoms with Crippen molar-refractivity contribution in [3.8, 4) is 11.5 Å². The first-order valence-corrected chi connectivity index (χ1v) is 12.1. The lowest BCUT2D eigenvalue weighted by atomic mass is 9.87. The Labute approximate surface area is 205 Å². The summed E-state index contributed by atoms with van der Waals surface area (Å²) in [6.07, 6.45) is 2.07. The molecule has 35 heavy (non-hydrogen) atoms. The highest BCUT2D eigenvalue weighted by atomic mass is 16.5. The smallest absolute Gasteiger partial charge is 0.265 e. The molecule has 6 nitrogen and oxygen atoms in total. The quantitative estimate of drug-likeness (QED) is 0.529. The Morgan fingerprint density at radius 3 is 2.37 bits per heavy atom. The number of nitrogens with zero attached hydrogens (tertiary/aromatic N) is 1. The number of hydrogen-bond donors (Lipinski definition) is 1. The van der Waals surface area contributed by atoms with Gasteiger partial charge in [0.1, 0.15) is 11.5 Å². The molecule has 1 heterocycles. The van der Waals surface area contributed by atoms with Crippen LogP contribution in [0.5, 0.6) is 11.5 Å². The van der Waals surface area contributed by atoms with Crippen molar-refractivity contribution >= 4 is 17.5 Å². The summed E-state index contributed by atoms with van der Waals surface area (Å²) in [4.78, 5) is 27.9. The minimum Gasteiger partial charge on any atom is -0.497 e. The second-order valence-electron chi connectivity index (χ2n) is 9.21. The van der Waals surface area contributed by atoms with Crippen LogP contribution in [-0.4, -0.2) is 36.5 Å². The van der Waals surface area contributed by atoms with Crippen LogP contribution in [0.4, 0.5) is 5.69 Å². The first-order chi connectivity index (χ1) is 17.0. The van der Waals surface area contributed by atoms with Gasteiger partial charge in [0.15, 0.2) is 6.10 Å². The molecule has 1 N–H and O–H groups in total. The highest BCUT2D eigenvalue weighted by Gasteiger charge is 2.39. The predicted molar refractivity (Wildman–Crippen MR) is 135 cm³/mol. The fraction of sp³-hybridized carbons (Fsp3) is 0.310. The van der Waals surface area contributed by atoms with Crippen LogP contribution >= 0.6 is 0 Å². The third kappa shape index (κ3) is 5.02. The molecule has 0 aromatic heterocycles. The third-order valence-electron chi connectivity index (χ3n) is 6.71. The minimum absolute atomic E-state index is 0.153. The summed E-state index contributed by atoms with van der Waals surface area (Å²) in [6.45, 7) is 2.44. The van der Waals surface area contributed by atoms with E-state index < -0.39 is 6.10 Å². The van der Waals surface area contributed by atoms with Gasteiger partial charge >= 0.3 is 0 Å². The number of fused-ring (bicyclic) bond motifs is 1. The number of carbonyl (C=O) groups excluding carboxylic acids is 2. The van der Waals surface area contributed by atoms with Crippen LogP contribution in [0, 0.1) is 5.92 Å². The molecule has 0 radical (unpaired) electrons. The first-order valence-electron chi connectivity index (χ1n) is 12.1. The van der Waals surface area contributed by atoms with Crippen molar-refractivity contribution in [2.45, 2.75) is 38.3 Å². The van der Waals surface area contributed by atoms with Gasteiger partial charge in [-0.25, -0.2) is 0 Å². The number of benzene rings is 3. The Hall–Kier alpha value is -3.80. The predicted octanol–water partition coefficient (Wildman–Crippen LogP) is 4.99. The van der Waals surface area contributed by atoms with Crippen LogP contribution in [0.25, 0.3) is 0 Å². The van der Waals surface area contributed by atoms with Crippen molar-refractivity contribution in [2.75, 3.05) is 19.0 Å². The molecule has 1 aliphatic heterocycles. The lowest BCUT2D eigenvalue weighted by molar-refractivity contribution is -0.134. The Bertz CT molecular complexity index is 1210. The number of ether oxygens (including phenoxy) is 2. The molecule has 3 aromatic carbocycles. The van der Waals surface area contributed by atoms with Crippen LogP contribution in [-0.2, 0) is 16.0 Å². The van der Waals surface area contributed by atoms with E-state index in [0.29, 0.717) is 18.0 Å². The molecular weight excluding hydrogens is 440 g/mol. The first kappa shape index (κ1) is 23.0. The topological polar surface area (TPSA) is 67.9 Å². The largest absolute Gasteiger partial charge is 0.497 e. The van der Waals surface area contributed by atoms with Gasteiger partial charge in [-0.3, -0.25) is 9.59 Å². The molecule has 0 saturated heterocycles. The summed E-state index contributed by atoms with van der Waals surface area (Å²) < 4.78 is 11.2. The summed E-state index contributed by atoms with van der Waals surface area (Å²) in [6, 6.07) is 23.1. The molecule has 2 aliphatic rings. The average Bonchev–Trinajstić information content (AvgIpc) is 3.74. The lowest BCUT2D eigenvalue weighted by Crippen LogP contribution is -2.41. The number of carbonyl (C=O) groups is 2. The molecule has 0 spiro atoms. The van der Waals surface area contributed by atoms with Crippen molar-refractivity contribution < 1.29 is 19.1 Å².